The number of nitrogens with one attached hydrogen (secondary N) is 1. The molecule has 1 N–H and O–H groups in total. The minimum Gasteiger partial charge on any atom is -0.325 e. The molecule has 1 amide bonds. The van der Waals surface area contributed by atoms with Crippen LogP contribution >= 0.6 is 0 Å². The number of aromatic nitrogens is 1. The molecule has 1 heterocycles. The van der Waals surface area contributed by atoms with Gasteiger partial charge in [0.2, 0.25) is 5.91 Å². The third-order valence-corrected chi connectivity index (χ3v) is 2.79. The van der Waals surface area contributed by atoms with Crippen molar-refractivity contribution in [2.75, 3.05) is 5.32 Å². The molecule has 0 unspecified atom stereocenters. The fraction of sp³-hybridized carbons (Fsp3) is 0.417. The molecule has 0 saturated carbocycles. The Morgan fingerprint density at radius 2 is 2.00 bits per heavy atom. The van der Waals surface area contributed by atoms with Crippen LogP contribution < -0.4 is 5.32 Å². The molecule has 1 aromatic heterocycles. The van der Waals surface area contributed by atoms with Gasteiger partial charge in [0.15, 0.2) is 0 Å². The first-order valence-corrected chi connectivity index (χ1v) is 5.31. The Labute approximate surface area is 95.3 Å². The van der Waals surface area contributed by atoms with Crippen molar-refractivity contribution in [1.82, 2.24) is 4.98 Å². The molecule has 0 aliphatic carbocycles. The average Bonchev–Trinajstić information content (AvgIpc) is 2.33. The highest BCUT2D eigenvalue weighted by Crippen LogP contribution is 2.27. The fourth-order valence-electron chi connectivity index (χ4n) is 1.47. The standard InChI is InChI=1S/C12H15N3O/c1-3-12(4-2,9-13)11(16)15-10-5-7-14-8-6-10/h5-8H,3-4H2,1-2H3,(H,14,15,16). The van der Waals surface area contributed by atoms with Crippen LogP contribution in [0.2, 0.25) is 0 Å². The number of nitriles is 1. The van der Waals surface area contributed by atoms with E-state index in [0.717, 1.165) is 0 Å². The number of hydrogen-bond acceptors (Lipinski definition) is 3. The largest absolute Gasteiger partial charge is 0.325 e. The lowest BCUT2D eigenvalue weighted by Crippen LogP contribution is -2.33. The van der Waals surface area contributed by atoms with Crippen molar-refractivity contribution in [3.8, 4) is 6.07 Å². The molecule has 0 aromatic carbocycles. The molecule has 0 saturated heterocycles. The third-order valence-electron chi connectivity index (χ3n) is 2.79. The van der Waals surface area contributed by atoms with Crippen molar-refractivity contribution in [3.63, 3.8) is 0 Å². The van der Waals surface area contributed by atoms with Crippen molar-refractivity contribution in [1.29, 1.82) is 5.26 Å². The molecule has 1 aromatic rings. The highest BCUT2D eigenvalue weighted by molar-refractivity contribution is 5.97. The maximum atomic E-state index is 12.0. The van der Waals surface area contributed by atoms with Crippen LogP contribution in [0, 0.1) is 16.7 Å². The van der Waals surface area contributed by atoms with Gasteiger partial charge < -0.3 is 5.32 Å². The first-order chi connectivity index (χ1) is 7.68. The third kappa shape index (κ3) is 2.37. The predicted molar refractivity (Wildman–Crippen MR) is 61.5 cm³/mol. The number of hydrogen-bond donors (Lipinski definition) is 1. The van der Waals surface area contributed by atoms with Crippen LogP contribution in [-0.4, -0.2) is 10.9 Å². The molecule has 84 valence electrons. The monoisotopic (exact) mass is 217 g/mol. The average molecular weight is 217 g/mol. The van der Waals surface area contributed by atoms with Gasteiger partial charge in [-0.3, -0.25) is 9.78 Å². The second-order valence-electron chi connectivity index (χ2n) is 3.59. The maximum Gasteiger partial charge on any atom is 0.244 e. The van der Waals surface area contributed by atoms with Crippen LogP contribution in [-0.2, 0) is 4.79 Å². The molecule has 16 heavy (non-hydrogen) atoms. The van der Waals surface area contributed by atoms with Gasteiger partial charge in [0.25, 0.3) is 0 Å². The van der Waals surface area contributed by atoms with Gasteiger partial charge >= 0.3 is 0 Å². The Morgan fingerprint density at radius 3 is 2.44 bits per heavy atom. The van der Waals surface area contributed by atoms with Gasteiger partial charge in [-0.15, -0.1) is 0 Å². The molecule has 0 radical (unpaired) electrons. The lowest BCUT2D eigenvalue weighted by atomic mass is 9.83. The summed E-state index contributed by atoms with van der Waals surface area (Å²) in [5, 5.41) is 11.8. The molecule has 0 spiro atoms. The van der Waals surface area contributed by atoms with Gasteiger partial charge in [-0.1, -0.05) is 13.8 Å². The van der Waals surface area contributed by atoms with E-state index in [1.54, 1.807) is 24.5 Å². The molecule has 0 aliphatic heterocycles. The number of nitrogens with zero attached hydrogens (tertiary/aromatic N) is 2. The van der Waals surface area contributed by atoms with Crippen molar-refractivity contribution in [2.24, 2.45) is 5.41 Å². The Balaban J connectivity index is 2.83. The molecule has 1 rings (SSSR count). The van der Waals surface area contributed by atoms with E-state index in [9.17, 15) is 4.79 Å². The molecule has 4 nitrogen and oxygen atoms in total. The van der Waals surface area contributed by atoms with Crippen LogP contribution in [0.25, 0.3) is 0 Å². The Bertz CT molecular complexity index is 390. The van der Waals surface area contributed by atoms with E-state index in [1.807, 2.05) is 13.8 Å². The lowest BCUT2D eigenvalue weighted by Gasteiger charge is -2.21. The summed E-state index contributed by atoms with van der Waals surface area (Å²) >= 11 is 0. The van der Waals surface area contributed by atoms with E-state index in [1.165, 1.54) is 0 Å². The zero-order valence-corrected chi connectivity index (χ0v) is 9.53. The lowest BCUT2D eigenvalue weighted by molar-refractivity contribution is -0.123. The summed E-state index contributed by atoms with van der Waals surface area (Å²) in [6.07, 6.45) is 4.22. The Hall–Kier alpha value is -1.89. The summed E-state index contributed by atoms with van der Waals surface area (Å²) in [6.45, 7) is 3.69. The van der Waals surface area contributed by atoms with Gasteiger partial charge in [0.05, 0.1) is 6.07 Å². The van der Waals surface area contributed by atoms with Crippen molar-refractivity contribution in [2.45, 2.75) is 26.7 Å². The molecule has 0 fully saturated rings. The summed E-state index contributed by atoms with van der Waals surface area (Å²) in [4.78, 5) is 15.8. The van der Waals surface area contributed by atoms with Crippen LogP contribution in [0.15, 0.2) is 24.5 Å². The summed E-state index contributed by atoms with van der Waals surface area (Å²) < 4.78 is 0. The number of rotatable bonds is 4. The van der Waals surface area contributed by atoms with Crippen molar-refractivity contribution in [3.05, 3.63) is 24.5 Å². The van der Waals surface area contributed by atoms with Gasteiger partial charge in [0.1, 0.15) is 5.41 Å². The first kappa shape index (κ1) is 12.2. The molecule has 0 aliphatic rings. The Morgan fingerprint density at radius 1 is 1.44 bits per heavy atom. The topological polar surface area (TPSA) is 65.8 Å². The van der Waals surface area contributed by atoms with Gasteiger partial charge in [-0.05, 0) is 25.0 Å². The van der Waals surface area contributed by atoms with Crippen LogP contribution in [0.1, 0.15) is 26.7 Å². The molecular formula is C12H15N3O. The van der Waals surface area contributed by atoms with E-state index in [-0.39, 0.29) is 5.91 Å². The highest BCUT2D eigenvalue weighted by atomic mass is 16.2. The zero-order valence-electron chi connectivity index (χ0n) is 9.53. The first-order valence-electron chi connectivity index (χ1n) is 5.31. The molecular weight excluding hydrogens is 202 g/mol. The summed E-state index contributed by atoms with van der Waals surface area (Å²) in [5.41, 5.74) is -0.259. The minimum atomic E-state index is -0.927. The molecule has 4 heteroatoms. The number of carbonyl (C=O) groups excluding carboxylic acids is 1. The molecule has 0 bridgehead atoms. The number of carbonyl (C=O) groups is 1. The summed E-state index contributed by atoms with van der Waals surface area (Å²) in [7, 11) is 0. The predicted octanol–water partition coefficient (Wildman–Crippen LogP) is 2.35. The number of anilines is 1. The van der Waals surface area contributed by atoms with E-state index < -0.39 is 5.41 Å². The minimum absolute atomic E-state index is 0.244. The van der Waals surface area contributed by atoms with Crippen LogP contribution in [0.3, 0.4) is 0 Å². The fourth-order valence-corrected chi connectivity index (χ4v) is 1.47. The van der Waals surface area contributed by atoms with E-state index in [0.29, 0.717) is 18.5 Å². The van der Waals surface area contributed by atoms with E-state index in [2.05, 4.69) is 16.4 Å². The second-order valence-corrected chi connectivity index (χ2v) is 3.59. The normalized spacial score (nSPS) is 10.6. The molecule has 0 atom stereocenters. The summed E-state index contributed by atoms with van der Waals surface area (Å²) in [6, 6.07) is 5.51. The van der Waals surface area contributed by atoms with Crippen molar-refractivity contribution < 1.29 is 4.79 Å². The Kier molecular flexibility index (Phi) is 4.01. The van der Waals surface area contributed by atoms with E-state index >= 15 is 0 Å². The van der Waals surface area contributed by atoms with Gasteiger partial charge in [0, 0.05) is 18.1 Å². The van der Waals surface area contributed by atoms with Crippen LogP contribution in [0.5, 0.6) is 0 Å². The number of pyridine rings is 1. The van der Waals surface area contributed by atoms with E-state index in [4.69, 9.17) is 5.26 Å². The SMILES string of the molecule is CCC(C#N)(CC)C(=O)Nc1ccncc1. The highest BCUT2D eigenvalue weighted by Gasteiger charge is 2.34. The number of amides is 1. The summed E-state index contributed by atoms with van der Waals surface area (Å²) in [5.74, 6) is -0.244. The maximum absolute atomic E-state index is 12.0. The van der Waals surface area contributed by atoms with Gasteiger partial charge in [-0.25, -0.2) is 0 Å². The van der Waals surface area contributed by atoms with Crippen molar-refractivity contribution >= 4 is 11.6 Å². The quantitative estimate of drug-likeness (QED) is 0.841. The zero-order chi connectivity index (χ0) is 12.0. The smallest absolute Gasteiger partial charge is 0.244 e. The van der Waals surface area contributed by atoms with Gasteiger partial charge in [-0.2, -0.15) is 5.26 Å². The van der Waals surface area contributed by atoms with Crippen LogP contribution in [0.4, 0.5) is 5.69 Å². The second kappa shape index (κ2) is 5.26.